The zero-order valence-corrected chi connectivity index (χ0v) is 18.7. The van der Waals surface area contributed by atoms with Crippen LogP contribution in [-0.4, -0.2) is 21.1 Å². The molecular formula is C22H16BrF4N3O2. The lowest BCUT2D eigenvalue weighted by molar-refractivity contribution is -0.0546. The van der Waals surface area contributed by atoms with Gasteiger partial charge in [-0.3, -0.25) is 0 Å². The van der Waals surface area contributed by atoms with Crippen LogP contribution in [0, 0.1) is 32.4 Å². The zero-order chi connectivity index (χ0) is 23.2. The summed E-state index contributed by atoms with van der Waals surface area (Å²) in [5.41, 5.74) is 2.46. The van der Waals surface area contributed by atoms with Crippen molar-refractivity contribution in [2.45, 2.75) is 27.4 Å². The highest BCUT2D eigenvalue weighted by atomic mass is 79.9. The molecule has 0 aliphatic carbocycles. The molecule has 10 heteroatoms. The van der Waals surface area contributed by atoms with Gasteiger partial charge in [-0.15, -0.1) is 0 Å². The summed E-state index contributed by atoms with van der Waals surface area (Å²) < 4.78 is 66.0. The third kappa shape index (κ3) is 4.14. The number of oxazole rings is 1. The standard InChI is InChI=1S/C22H16BrF4N3O2/c1-10-9-30(11(2)28-10)18-5-4-14(23)8-15(18)19-20(31-12(3)29-19)13-6-16(24)21(17(25)7-13)32-22(26)27/h4-9,22H,1-3H3. The summed E-state index contributed by atoms with van der Waals surface area (Å²) in [5.74, 6) is -2.65. The summed E-state index contributed by atoms with van der Waals surface area (Å²) >= 11 is 3.44. The first-order valence-electron chi connectivity index (χ1n) is 9.38. The number of alkyl halides is 2. The van der Waals surface area contributed by atoms with Crippen molar-refractivity contribution in [3.05, 3.63) is 70.0 Å². The number of benzene rings is 2. The molecule has 0 saturated heterocycles. The zero-order valence-electron chi connectivity index (χ0n) is 17.1. The van der Waals surface area contributed by atoms with E-state index in [-0.39, 0.29) is 17.2 Å². The lowest BCUT2D eigenvalue weighted by Gasteiger charge is -2.13. The van der Waals surface area contributed by atoms with Crippen LogP contribution in [0.1, 0.15) is 17.4 Å². The Balaban J connectivity index is 1.91. The van der Waals surface area contributed by atoms with Crippen LogP contribution in [0.15, 0.2) is 45.4 Å². The van der Waals surface area contributed by atoms with Crippen molar-refractivity contribution in [1.82, 2.24) is 14.5 Å². The summed E-state index contributed by atoms with van der Waals surface area (Å²) in [5, 5.41) is 0. The minimum Gasteiger partial charge on any atom is -0.440 e. The van der Waals surface area contributed by atoms with Gasteiger partial charge in [-0.2, -0.15) is 8.78 Å². The Morgan fingerprint density at radius 3 is 2.31 bits per heavy atom. The first kappa shape index (κ1) is 22.1. The predicted octanol–water partition coefficient (Wildman–Crippen LogP) is 6.76. The smallest absolute Gasteiger partial charge is 0.387 e. The summed E-state index contributed by atoms with van der Waals surface area (Å²) in [6.45, 7) is 1.94. The third-order valence-corrected chi connectivity index (χ3v) is 5.17. The molecule has 0 amide bonds. The molecule has 0 atom stereocenters. The molecule has 0 radical (unpaired) electrons. The van der Waals surface area contributed by atoms with Crippen LogP contribution in [0.4, 0.5) is 17.6 Å². The van der Waals surface area contributed by atoms with Gasteiger partial charge in [0.15, 0.2) is 29.0 Å². The van der Waals surface area contributed by atoms with Crippen molar-refractivity contribution >= 4 is 15.9 Å². The summed E-state index contributed by atoms with van der Waals surface area (Å²) in [6.07, 6.45) is 1.85. The van der Waals surface area contributed by atoms with Crippen molar-refractivity contribution in [3.63, 3.8) is 0 Å². The number of ether oxygens (including phenoxy) is 1. The van der Waals surface area contributed by atoms with Gasteiger partial charge in [-0.1, -0.05) is 15.9 Å². The van der Waals surface area contributed by atoms with Crippen molar-refractivity contribution < 1.29 is 26.7 Å². The van der Waals surface area contributed by atoms with Crippen molar-refractivity contribution in [3.8, 4) is 34.0 Å². The highest BCUT2D eigenvalue weighted by molar-refractivity contribution is 9.10. The van der Waals surface area contributed by atoms with Crippen LogP contribution in [0.3, 0.4) is 0 Å². The molecule has 0 spiro atoms. The van der Waals surface area contributed by atoms with Gasteiger partial charge in [0.05, 0.1) is 11.4 Å². The Bertz CT molecular complexity index is 1290. The van der Waals surface area contributed by atoms with Crippen LogP contribution in [0.5, 0.6) is 5.75 Å². The van der Waals surface area contributed by atoms with Gasteiger partial charge in [0, 0.05) is 28.7 Å². The van der Waals surface area contributed by atoms with E-state index in [0.29, 0.717) is 11.3 Å². The topological polar surface area (TPSA) is 53.1 Å². The Kier molecular flexibility index (Phi) is 5.81. The van der Waals surface area contributed by atoms with E-state index in [2.05, 4.69) is 30.6 Å². The molecule has 32 heavy (non-hydrogen) atoms. The number of imidazole rings is 1. The second-order valence-electron chi connectivity index (χ2n) is 7.02. The van der Waals surface area contributed by atoms with Crippen molar-refractivity contribution in [2.75, 3.05) is 0 Å². The molecular weight excluding hydrogens is 494 g/mol. The Hall–Kier alpha value is -3.14. The van der Waals surface area contributed by atoms with Gasteiger partial charge < -0.3 is 13.7 Å². The van der Waals surface area contributed by atoms with Gasteiger partial charge in [-0.05, 0) is 44.2 Å². The van der Waals surface area contributed by atoms with E-state index in [0.717, 1.165) is 33.8 Å². The molecule has 2 aromatic heterocycles. The van der Waals surface area contributed by atoms with Gasteiger partial charge in [0.1, 0.15) is 11.5 Å². The summed E-state index contributed by atoms with van der Waals surface area (Å²) in [7, 11) is 0. The van der Waals surface area contributed by atoms with E-state index in [9.17, 15) is 17.6 Å². The molecule has 0 bridgehead atoms. The number of rotatable bonds is 5. The fraction of sp³-hybridized carbons (Fsp3) is 0.182. The maximum absolute atomic E-state index is 14.4. The van der Waals surface area contributed by atoms with Crippen LogP contribution in [0.25, 0.3) is 28.3 Å². The first-order chi connectivity index (χ1) is 15.1. The molecule has 2 heterocycles. The van der Waals surface area contributed by atoms with E-state index in [1.807, 2.05) is 36.7 Å². The molecule has 5 nitrogen and oxygen atoms in total. The molecule has 2 aromatic carbocycles. The van der Waals surface area contributed by atoms with Crippen LogP contribution >= 0.6 is 15.9 Å². The maximum Gasteiger partial charge on any atom is 0.387 e. The van der Waals surface area contributed by atoms with Gasteiger partial charge in [0.2, 0.25) is 0 Å². The highest BCUT2D eigenvalue weighted by Gasteiger charge is 2.24. The summed E-state index contributed by atoms with van der Waals surface area (Å²) in [6, 6.07) is 7.23. The average Bonchev–Trinajstić information content (AvgIpc) is 3.25. The summed E-state index contributed by atoms with van der Waals surface area (Å²) in [4.78, 5) is 8.85. The Labute approximate surface area is 188 Å². The number of aryl methyl sites for hydroxylation is 3. The largest absolute Gasteiger partial charge is 0.440 e. The second-order valence-corrected chi connectivity index (χ2v) is 7.93. The van der Waals surface area contributed by atoms with Crippen molar-refractivity contribution in [2.24, 2.45) is 0 Å². The van der Waals surface area contributed by atoms with Gasteiger partial charge >= 0.3 is 6.61 Å². The molecule has 0 N–H and O–H groups in total. The molecule has 4 aromatic rings. The van der Waals surface area contributed by atoms with Crippen LogP contribution < -0.4 is 4.74 Å². The van der Waals surface area contributed by atoms with Crippen LogP contribution in [-0.2, 0) is 0 Å². The second kappa shape index (κ2) is 8.42. The number of nitrogens with zero attached hydrogens (tertiary/aromatic N) is 3. The monoisotopic (exact) mass is 509 g/mol. The van der Waals surface area contributed by atoms with Gasteiger partial charge in [0.25, 0.3) is 0 Å². The molecule has 0 aliphatic heterocycles. The predicted molar refractivity (Wildman–Crippen MR) is 113 cm³/mol. The molecule has 0 aliphatic rings. The SMILES string of the molecule is Cc1cn(-c2ccc(Br)cc2-c2nc(C)oc2-c2cc(F)c(OC(F)F)c(F)c2)c(C)n1. The number of halogens is 5. The first-order valence-corrected chi connectivity index (χ1v) is 10.2. The van der Waals surface area contributed by atoms with Crippen LogP contribution in [0.2, 0.25) is 0 Å². The average molecular weight is 510 g/mol. The van der Waals surface area contributed by atoms with Gasteiger partial charge in [-0.25, -0.2) is 18.7 Å². The number of hydrogen-bond acceptors (Lipinski definition) is 4. The Morgan fingerprint density at radius 2 is 1.72 bits per heavy atom. The fourth-order valence-electron chi connectivity index (χ4n) is 3.47. The third-order valence-electron chi connectivity index (χ3n) is 4.68. The van der Waals surface area contributed by atoms with E-state index in [4.69, 9.17) is 4.42 Å². The minimum atomic E-state index is -3.36. The van der Waals surface area contributed by atoms with E-state index < -0.39 is 24.0 Å². The lowest BCUT2D eigenvalue weighted by Crippen LogP contribution is -2.06. The van der Waals surface area contributed by atoms with E-state index in [1.165, 1.54) is 0 Å². The quantitative estimate of drug-likeness (QED) is 0.279. The van der Waals surface area contributed by atoms with E-state index >= 15 is 0 Å². The minimum absolute atomic E-state index is 0.0123. The molecule has 0 saturated carbocycles. The molecule has 166 valence electrons. The number of hydrogen-bond donors (Lipinski definition) is 0. The lowest BCUT2D eigenvalue weighted by atomic mass is 10.0. The maximum atomic E-state index is 14.4. The van der Waals surface area contributed by atoms with E-state index in [1.54, 1.807) is 13.0 Å². The normalized spacial score (nSPS) is 11.4. The molecule has 4 rings (SSSR count). The fourth-order valence-corrected chi connectivity index (χ4v) is 3.83. The highest BCUT2D eigenvalue weighted by Crippen LogP contribution is 2.39. The molecule has 0 fully saturated rings. The Morgan fingerprint density at radius 1 is 1.03 bits per heavy atom. The number of aromatic nitrogens is 3. The van der Waals surface area contributed by atoms with Crippen molar-refractivity contribution in [1.29, 1.82) is 0 Å². The molecule has 0 unspecified atom stereocenters.